The Morgan fingerprint density at radius 1 is 0.938 bits per heavy atom. The van der Waals surface area contributed by atoms with Crippen molar-refractivity contribution in [1.29, 1.82) is 0 Å². The van der Waals surface area contributed by atoms with E-state index >= 15 is 0 Å². The van der Waals surface area contributed by atoms with Gasteiger partial charge >= 0.3 is 0 Å². The van der Waals surface area contributed by atoms with Gasteiger partial charge in [0.15, 0.2) is 0 Å². The zero-order chi connectivity index (χ0) is 22.4. The predicted octanol–water partition coefficient (Wildman–Crippen LogP) is 5.15. The first-order valence-corrected chi connectivity index (χ1v) is 11.2. The van der Waals surface area contributed by atoms with E-state index in [-0.39, 0.29) is 28.2 Å². The average molecular weight is 510 g/mol. The van der Waals surface area contributed by atoms with Gasteiger partial charge in [-0.2, -0.15) is 0 Å². The number of nitrogens with zero attached hydrogens (tertiary/aromatic N) is 2. The average Bonchev–Trinajstić information content (AvgIpc) is 3.06. The predicted molar refractivity (Wildman–Crippen MR) is 122 cm³/mol. The molecule has 1 saturated heterocycles. The monoisotopic (exact) mass is 508 g/mol. The molecule has 3 aromatic carbocycles. The summed E-state index contributed by atoms with van der Waals surface area (Å²) in [5.74, 6) is -2.42. The van der Waals surface area contributed by atoms with Gasteiger partial charge in [0.05, 0.1) is 31.8 Å². The molecule has 4 aliphatic rings. The Labute approximate surface area is 196 Å². The van der Waals surface area contributed by atoms with E-state index in [9.17, 15) is 19.7 Å². The molecule has 0 aromatic heterocycles. The molecule has 0 spiro atoms. The Balaban J connectivity index is 1.60. The normalized spacial score (nSPS) is 27.2. The Morgan fingerprint density at radius 2 is 1.53 bits per heavy atom. The number of halogens is 2. The first-order valence-electron chi connectivity index (χ1n) is 10.0. The third-order valence-electron chi connectivity index (χ3n) is 6.90. The number of amides is 2. The van der Waals surface area contributed by atoms with E-state index in [2.05, 4.69) is 15.9 Å². The van der Waals surface area contributed by atoms with Gasteiger partial charge in [0.2, 0.25) is 11.8 Å². The van der Waals surface area contributed by atoms with Crippen molar-refractivity contribution < 1.29 is 14.5 Å². The Morgan fingerprint density at radius 3 is 2.12 bits per heavy atom. The summed E-state index contributed by atoms with van der Waals surface area (Å²) >= 11 is 10.3. The van der Waals surface area contributed by atoms with Crippen LogP contribution in [-0.4, -0.2) is 16.7 Å². The standard InChI is InChI=1S/C24H14BrClN2O4/c25-24-15-7-3-1-5-13(15)19(14-6-2-4-8-16(14)24)20-21(24)23(30)27(22(20)29)18-11-12(28(31)32)9-10-17(18)26/h1-11,19-21H/t19?,20-,21+,24?/m1/s1. The molecule has 0 unspecified atom stereocenters. The van der Waals surface area contributed by atoms with Crippen LogP contribution >= 0.6 is 27.5 Å². The van der Waals surface area contributed by atoms with Crippen LogP contribution in [0.3, 0.4) is 0 Å². The van der Waals surface area contributed by atoms with Crippen LogP contribution in [0.5, 0.6) is 0 Å². The lowest BCUT2D eigenvalue weighted by molar-refractivity contribution is -0.384. The van der Waals surface area contributed by atoms with Gasteiger partial charge in [-0.15, -0.1) is 0 Å². The highest BCUT2D eigenvalue weighted by atomic mass is 79.9. The molecule has 1 aliphatic heterocycles. The van der Waals surface area contributed by atoms with Gasteiger partial charge in [-0.3, -0.25) is 19.7 Å². The molecule has 8 heteroatoms. The summed E-state index contributed by atoms with van der Waals surface area (Å²) in [6, 6.07) is 19.5. The van der Waals surface area contributed by atoms with Crippen molar-refractivity contribution in [2.75, 3.05) is 4.90 Å². The number of carbonyl (C=O) groups is 2. The van der Waals surface area contributed by atoms with Crippen LogP contribution < -0.4 is 4.90 Å². The molecule has 6 nitrogen and oxygen atoms in total. The third kappa shape index (κ3) is 2.25. The van der Waals surface area contributed by atoms with Crippen molar-refractivity contribution in [3.63, 3.8) is 0 Å². The largest absolute Gasteiger partial charge is 0.274 e. The number of imide groups is 1. The van der Waals surface area contributed by atoms with E-state index in [1.165, 1.54) is 18.2 Å². The van der Waals surface area contributed by atoms with Crippen LogP contribution in [0.2, 0.25) is 5.02 Å². The van der Waals surface area contributed by atoms with Crippen LogP contribution in [-0.2, 0) is 13.9 Å². The summed E-state index contributed by atoms with van der Waals surface area (Å²) in [6.07, 6.45) is 0. The minimum atomic E-state index is -0.881. The number of rotatable bonds is 2. The summed E-state index contributed by atoms with van der Waals surface area (Å²) in [5.41, 5.74) is 3.78. The lowest BCUT2D eigenvalue weighted by atomic mass is 9.55. The zero-order valence-electron chi connectivity index (χ0n) is 16.4. The minimum absolute atomic E-state index is 0.0499. The fourth-order valence-corrected chi connectivity index (χ4v) is 7.11. The van der Waals surface area contributed by atoms with E-state index in [0.29, 0.717) is 0 Å². The summed E-state index contributed by atoms with van der Waals surface area (Å²) in [6.45, 7) is 0. The highest BCUT2D eigenvalue weighted by Gasteiger charge is 2.67. The number of hydrogen-bond acceptors (Lipinski definition) is 4. The molecule has 2 bridgehead atoms. The summed E-state index contributed by atoms with van der Waals surface area (Å²) in [5, 5.41) is 11.4. The Hall–Kier alpha value is -3.03. The van der Waals surface area contributed by atoms with Gasteiger partial charge in [0.1, 0.15) is 0 Å². The van der Waals surface area contributed by atoms with Gasteiger partial charge in [0, 0.05) is 18.1 Å². The molecular formula is C24H14BrClN2O4. The van der Waals surface area contributed by atoms with E-state index in [4.69, 9.17) is 11.6 Å². The second-order valence-corrected chi connectivity index (χ2v) is 9.93. The first-order chi connectivity index (χ1) is 15.4. The molecule has 2 amide bonds. The quantitative estimate of drug-likeness (QED) is 0.207. The molecule has 3 aromatic rings. The third-order valence-corrected chi connectivity index (χ3v) is 8.56. The molecule has 0 N–H and O–H groups in total. The number of alkyl halides is 1. The summed E-state index contributed by atoms with van der Waals surface area (Å²) < 4.78 is -0.881. The maximum atomic E-state index is 13.8. The van der Waals surface area contributed by atoms with Gasteiger partial charge in [-0.05, 0) is 28.3 Å². The SMILES string of the molecule is O=C1[C@@H]2C3c4ccccc4C(Br)(c4ccccc43)[C@@H]2C(=O)N1c1cc([N+](=O)[O-])ccc1Cl. The number of nitro benzene ring substituents is 1. The molecule has 0 saturated carbocycles. The van der Waals surface area contributed by atoms with Crippen molar-refractivity contribution in [3.05, 3.63) is 104 Å². The van der Waals surface area contributed by atoms with Crippen LogP contribution in [0.4, 0.5) is 11.4 Å². The summed E-state index contributed by atoms with van der Waals surface area (Å²) in [4.78, 5) is 39.4. The molecule has 2 atom stereocenters. The molecule has 1 fully saturated rings. The number of benzene rings is 3. The molecule has 158 valence electrons. The highest BCUT2D eigenvalue weighted by molar-refractivity contribution is 9.09. The van der Waals surface area contributed by atoms with Crippen molar-refractivity contribution in [2.24, 2.45) is 11.8 Å². The second kappa shape index (κ2) is 6.49. The van der Waals surface area contributed by atoms with Gasteiger partial charge < -0.3 is 0 Å². The number of anilines is 1. The molecular weight excluding hydrogens is 496 g/mol. The zero-order valence-corrected chi connectivity index (χ0v) is 18.7. The van der Waals surface area contributed by atoms with E-state index < -0.39 is 27.0 Å². The van der Waals surface area contributed by atoms with Gasteiger partial charge in [-0.1, -0.05) is 76.1 Å². The molecule has 0 radical (unpaired) electrons. The molecule has 32 heavy (non-hydrogen) atoms. The number of carbonyl (C=O) groups excluding carboxylic acids is 2. The second-order valence-electron chi connectivity index (χ2n) is 8.27. The molecule has 1 heterocycles. The van der Waals surface area contributed by atoms with Crippen molar-refractivity contribution in [2.45, 2.75) is 10.2 Å². The maximum Gasteiger partial charge on any atom is 0.271 e. The number of non-ortho nitro benzene ring substituents is 1. The fraction of sp³-hybridized carbons (Fsp3) is 0.167. The first kappa shape index (κ1) is 19.6. The molecule has 7 rings (SSSR count). The Kier molecular flexibility index (Phi) is 3.99. The lowest BCUT2D eigenvalue weighted by Gasteiger charge is -2.51. The van der Waals surface area contributed by atoms with E-state index in [0.717, 1.165) is 27.2 Å². The van der Waals surface area contributed by atoms with E-state index in [1.54, 1.807) is 0 Å². The molecule has 3 aliphatic carbocycles. The van der Waals surface area contributed by atoms with Crippen LogP contribution in [0.1, 0.15) is 28.2 Å². The Bertz CT molecular complexity index is 1330. The highest BCUT2D eigenvalue weighted by Crippen LogP contribution is 2.66. The van der Waals surface area contributed by atoms with Gasteiger partial charge in [-0.25, -0.2) is 4.90 Å². The number of nitro groups is 1. The fourth-order valence-electron chi connectivity index (χ4n) is 5.70. The minimum Gasteiger partial charge on any atom is -0.274 e. The smallest absolute Gasteiger partial charge is 0.271 e. The van der Waals surface area contributed by atoms with E-state index in [1.807, 2.05) is 48.5 Å². The van der Waals surface area contributed by atoms with Gasteiger partial charge in [0.25, 0.3) is 5.69 Å². The van der Waals surface area contributed by atoms with Crippen LogP contribution in [0.25, 0.3) is 0 Å². The number of hydrogen-bond donors (Lipinski definition) is 0. The topological polar surface area (TPSA) is 80.5 Å². The lowest BCUT2D eigenvalue weighted by Crippen LogP contribution is -2.50. The van der Waals surface area contributed by atoms with Crippen molar-refractivity contribution >= 4 is 50.7 Å². The van der Waals surface area contributed by atoms with Crippen LogP contribution in [0.15, 0.2) is 66.7 Å². The van der Waals surface area contributed by atoms with Crippen molar-refractivity contribution in [3.8, 4) is 0 Å². The maximum absolute atomic E-state index is 13.8. The van der Waals surface area contributed by atoms with Crippen LogP contribution in [0, 0.1) is 22.0 Å². The van der Waals surface area contributed by atoms with Crippen molar-refractivity contribution in [1.82, 2.24) is 0 Å². The summed E-state index contributed by atoms with van der Waals surface area (Å²) in [7, 11) is 0.